The lowest BCUT2D eigenvalue weighted by molar-refractivity contribution is -0.180. The molecule has 0 amide bonds. The first kappa shape index (κ1) is 12.1. The molecule has 0 bridgehead atoms. The van der Waals surface area contributed by atoms with E-state index in [1.54, 1.807) is 0 Å². The summed E-state index contributed by atoms with van der Waals surface area (Å²) in [6.45, 7) is 6.86. The molecule has 3 heteroatoms. The third kappa shape index (κ3) is 2.50. The van der Waals surface area contributed by atoms with E-state index < -0.39 is 0 Å². The zero-order chi connectivity index (χ0) is 12.4. The molecule has 0 N–H and O–H groups in total. The lowest BCUT2D eigenvalue weighted by Crippen LogP contribution is -2.35. The predicted octanol–water partition coefficient (Wildman–Crippen LogP) is 2.62. The van der Waals surface area contributed by atoms with Crippen LogP contribution in [0.25, 0.3) is 0 Å². The highest BCUT2D eigenvalue weighted by Crippen LogP contribution is 2.29. The van der Waals surface area contributed by atoms with Crippen molar-refractivity contribution in [3.8, 4) is 0 Å². The minimum Gasteiger partial charge on any atom is -0.367 e. The first-order valence-corrected chi connectivity index (χ1v) is 6.12. The van der Waals surface area contributed by atoms with E-state index in [4.69, 9.17) is 4.84 Å². The van der Waals surface area contributed by atoms with Gasteiger partial charge in [0.25, 0.3) is 0 Å². The summed E-state index contributed by atoms with van der Waals surface area (Å²) in [6, 6.07) is 10.3. The first-order chi connectivity index (χ1) is 8.09. The first-order valence-electron chi connectivity index (χ1n) is 6.12. The van der Waals surface area contributed by atoms with Crippen LogP contribution in [-0.4, -0.2) is 17.1 Å². The topological polar surface area (TPSA) is 29.5 Å². The summed E-state index contributed by atoms with van der Waals surface area (Å²) in [4.78, 5) is 17.0. The van der Waals surface area contributed by atoms with Crippen LogP contribution in [0.2, 0.25) is 0 Å². The molecule has 0 aromatic heterocycles. The van der Waals surface area contributed by atoms with Crippen molar-refractivity contribution in [1.82, 2.24) is 5.06 Å². The maximum Gasteiger partial charge on any atom is 0.329 e. The normalized spacial score (nSPS) is 25.3. The number of benzene rings is 1. The molecule has 0 spiro atoms. The summed E-state index contributed by atoms with van der Waals surface area (Å²) < 4.78 is 0. The molecule has 2 atom stereocenters. The lowest BCUT2D eigenvalue weighted by atomic mass is 9.92. The van der Waals surface area contributed by atoms with Gasteiger partial charge >= 0.3 is 5.97 Å². The second-order valence-electron chi connectivity index (χ2n) is 4.99. The van der Waals surface area contributed by atoms with Crippen LogP contribution in [0.15, 0.2) is 30.3 Å². The molecule has 0 saturated carbocycles. The number of nitrogens with zero attached hydrogens (tertiary/aromatic N) is 1. The van der Waals surface area contributed by atoms with Gasteiger partial charge in [-0.15, -0.1) is 5.06 Å². The van der Waals surface area contributed by atoms with E-state index in [1.807, 2.05) is 42.3 Å². The van der Waals surface area contributed by atoms with Crippen LogP contribution in [0.4, 0.5) is 0 Å². The Bertz CT molecular complexity index is 388. The molecule has 1 aliphatic rings. The maximum atomic E-state index is 11.6. The Balaban J connectivity index is 2.12. The van der Waals surface area contributed by atoms with Crippen molar-refractivity contribution in [3.05, 3.63) is 35.9 Å². The summed E-state index contributed by atoms with van der Waals surface area (Å²) in [5.74, 6) is 0.249. The van der Waals surface area contributed by atoms with Crippen molar-refractivity contribution in [2.24, 2.45) is 11.8 Å². The lowest BCUT2D eigenvalue weighted by Gasteiger charge is -2.25. The average Bonchev–Trinajstić information content (AvgIpc) is 2.56. The van der Waals surface area contributed by atoms with Gasteiger partial charge in [-0.2, -0.15) is 0 Å². The van der Waals surface area contributed by atoms with Gasteiger partial charge in [0.2, 0.25) is 0 Å². The molecule has 1 aromatic rings. The van der Waals surface area contributed by atoms with Crippen LogP contribution in [0, 0.1) is 11.8 Å². The fourth-order valence-corrected chi connectivity index (χ4v) is 2.46. The number of carbonyl (C=O) groups excluding carboxylic acids is 1. The Kier molecular flexibility index (Phi) is 3.48. The SMILES string of the molecule is CC(C)[C@H]1[C@H](C)C(=O)ON1Cc1ccccc1. The molecule has 1 aromatic carbocycles. The van der Waals surface area contributed by atoms with Gasteiger partial charge in [0.15, 0.2) is 0 Å². The van der Waals surface area contributed by atoms with E-state index >= 15 is 0 Å². The molecule has 3 nitrogen and oxygen atoms in total. The number of hydroxylamine groups is 2. The number of hydrogen-bond acceptors (Lipinski definition) is 3. The van der Waals surface area contributed by atoms with Crippen molar-refractivity contribution in [2.75, 3.05) is 0 Å². The third-order valence-corrected chi connectivity index (χ3v) is 3.29. The fraction of sp³-hybridized carbons (Fsp3) is 0.500. The Morgan fingerprint density at radius 1 is 1.29 bits per heavy atom. The Morgan fingerprint density at radius 2 is 1.94 bits per heavy atom. The number of hydrogen-bond donors (Lipinski definition) is 0. The van der Waals surface area contributed by atoms with Gasteiger partial charge < -0.3 is 4.84 Å². The standard InChI is InChI=1S/C14H19NO2/c1-10(2)13-11(3)14(16)17-15(13)9-12-7-5-4-6-8-12/h4-8,10-11,13H,9H2,1-3H3/t11-,13-/m0/s1. The highest BCUT2D eigenvalue weighted by Gasteiger charge is 2.41. The summed E-state index contributed by atoms with van der Waals surface area (Å²) in [5.41, 5.74) is 1.17. The van der Waals surface area contributed by atoms with Gasteiger partial charge in [-0.05, 0) is 11.5 Å². The fourth-order valence-electron chi connectivity index (χ4n) is 2.46. The van der Waals surface area contributed by atoms with Crippen molar-refractivity contribution >= 4 is 5.97 Å². The minimum atomic E-state index is -0.111. The Morgan fingerprint density at radius 3 is 2.53 bits per heavy atom. The van der Waals surface area contributed by atoms with E-state index in [1.165, 1.54) is 5.56 Å². The second kappa shape index (κ2) is 4.88. The van der Waals surface area contributed by atoms with Crippen LogP contribution in [0.5, 0.6) is 0 Å². The second-order valence-corrected chi connectivity index (χ2v) is 4.99. The molecule has 1 saturated heterocycles. The molecule has 2 rings (SSSR count). The largest absolute Gasteiger partial charge is 0.367 e. The quantitative estimate of drug-likeness (QED) is 0.803. The van der Waals surface area contributed by atoms with E-state index in [0.29, 0.717) is 12.5 Å². The van der Waals surface area contributed by atoms with Gasteiger partial charge in [0.05, 0.1) is 18.5 Å². The van der Waals surface area contributed by atoms with Crippen molar-refractivity contribution < 1.29 is 9.63 Å². The molecule has 1 fully saturated rings. The third-order valence-electron chi connectivity index (χ3n) is 3.29. The van der Waals surface area contributed by atoms with Gasteiger partial charge in [-0.3, -0.25) is 0 Å². The Labute approximate surface area is 102 Å². The van der Waals surface area contributed by atoms with Crippen molar-refractivity contribution in [1.29, 1.82) is 0 Å². The van der Waals surface area contributed by atoms with Crippen molar-refractivity contribution in [3.63, 3.8) is 0 Å². The maximum absolute atomic E-state index is 11.6. The van der Waals surface area contributed by atoms with Crippen LogP contribution in [0.3, 0.4) is 0 Å². The highest BCUT2D eigenvalue weighted by molar-refractivity contribution is 5.74. The van der Waals surface area contributed by atoms with Crippen LogP contribution < -0.4 is 0 Å². The molecular weight excluding hydrogens is 214 g/mol. The van der Waals surface area contributed by atoms with Gasteiger partial charge in [0.1, 0.15) is 0 Å². The van der Waals surface area contributed by atoms with Crippen LogP contribution >= 0.6 is 0 Å². The minimum absolute atomic E-state index is 0.0429. The van der Waals surface area contributed by atoms with E-state index in [0.717, 1.165) is 0 Å². The monoisotopic (exact) mass is 233 g/mol. The average molecular weight is 233 g/mol. The molecule has 0 radical (unpaired) electrons. The van der Waals surface area contributed by atoms with E-state index in [9.17, 15) is 4.79 Å². The molecule has 0 aliphatic carbocycles. The predicted molar refractivity (Wildman–Crippen MR) is 65.9 cm³/mol. The van der Waals surface area contributed by atoms with Gasteiger partial charge in [-0.1, -0.05) is 51.1 Å². The zero-order valence-corrected chi connectivity index (χ0v) is 10.6. The number of rotatable bonds is 3. The van der Waals surface area contributed by atoms with Crippen molar-refractivity contribution in [2.45, 2.75) is 33.4 Å². The van der Waals surface area contributed by atoms with Gasteiger partial charge in [0, 0.05) is 0 Å². The van der Waals surface area contributed by atoms with Crippen LogP contribution in [-0.2, 0) is 16.2 Å². The molecule has 1 heterocycles. The zero-order valence-electron chi connectivity index (χ0n) is 10.6. The van der Waals surface area contributed by atoms with Gasteiger partial charge in [-0.25, -0.2) is 4.79 Å². The molecule has 17 heavy (non-hydrogen) atoms. The molecule has 92 valence electrons. The molecule has 1 aliphatic heterocycles. The van der Waals surface area contributed by atoms with E-state index in [2.05, 4.69) is 13.8 Å². The van der Waals surface area contributed by atoms with Crippen LogP contribution in [0.1, 0.15) is 26.3 Å². The highest BCUT2D eigenvalue weighted by atomic mass is 16.7. The summed E-state index contributed by atoms with van der Waals surface area (Å²) in [5, 5.41) is 1.83. The van der Waals surface area contributed by atoms with E-state index in [-0.39, 0.29) is 17.9 Å². The Hall–Kier alpha value is -1.35. The summed E-state index contributed by atoms with van der Waals surface area (Å²) in [6.07, 6.45) is 0. The molecular formula is C14H19NO2. The summed E-state index contributed by atoms with van der Waals surface area (Å²) >= 11 is 0. The molecule has 0 unspecified atom stereocenters. The number of carbonyl (C=O) groups is 1. The summed E-state index contributed by atoms with van der Waals surface area (Å²) in [7, 11) is 0. The smallest absolute Gasteiger partial charge is 0.329 e.